The van der Waals surface area contributed by atoms with E-state index in [9.17, 15) is 4.79 Å². The average Bonchev–Trinajstić information content (AvgIpc) is 3.17. The lowest BCUT2D eigenvalue weighted by molar-refractivity contribution is 0.182. The Morgan fingerprint density at radius 1 is 0.966 bits per heavy atom. The van der Waals surface area contributed by atoms with Gasteiger partial charge in [0.15, 0.2) is 0 Å². The Balaban J connectivity index is 1.66. The maximum Gasteiger partial charge on any atom is 0.322 e. The summed E-state index contributed by atoms with van der Waals surface area (Å²) in [6, 6.07) is 20.7. The van der Waals surface area contributed by atoms with Crippen LogP contribution in [0.4, 0.5) is 10.5 Å². The lowest BCUT2D eigenvalue weighted by atomic mass is 9.86. The summed E-state index contributed by atoms with van der Waals surface area (Å²) < 4.78 is 2.25. The Labute approximate surface area is 173 Å². The van der Waals surface area contributed by atoms with Gasteiger partial charge in [-0.3, -0.25) is 0 Å². The maximum atomic E-state index is 13.2. The van der Waals surface area contributed by atoms with Crippen molar-refractivity contribution in [1.29, 1.82) is 0 Å². The minimum Gasteiger partial charge on any atom is -0.348 e. The van der Waals surface area contributed by atoms with E-state index in [1.54, 1.807) is 0 Å². The fraction of sp³-hybridized carbons (Fsp3) is 0.320. The summed E-state index contributed by atoms with van der Waals surface area (Å²) in [6.07, 6.45) is 2.10. The monoisotopic (exact) mass is 387 g/mol. The fourth-order valence-corrected chi connectivity index (χ4v) is 3.95. The van der Waals surface area contributed by atoms with Crippen LogP contribution in [0.15, 0.2) is 66.9 Å². The highest BCUT2D eigenvalue weighted by Crippen LogP contribution is 2.34. The van der Waals surface area contributed by atoms with Gasteiger partial charge in [0.05, 0.1) is 6.04 Å². The van der Waals surface area contributed by atoms with Gasteiger partial charge in [-0.05, 0) is 47.7 Å². The molecule has 2 amide bonds. The second-order valence-electron chi connectivity index (χ2n) is 8.89. The van der Waals surface area contributed by atoms with Gasteiger partial charge in [0.2, 0.25) is 0 Å². The number of aromatic nitrogens is 1. The highest BCUT2D eigenvalue weighted by Gasteiger charge is 2.32. The van der Waals surface area contributed by atoms with Crippen molar-refractivity contribution in [3.8, 4) is 0 Å². The van der Waals surface area contributed by atoms with Gasteiger partial charge in [0.25, 0.3) is 0 Å². The summed E-state index contributed by atoms with van der Waals surface area (Å²) >= 11 is 0. The van der Waals surface area contributed by atoms with E-state index in [2.05, 4.69) is 73.3 Å². The predicted octanol–water partition coefficient (Wildman–Crippen LogP) is 5.73. The normalized spacial score (nSPS) is 16.4. The lowest BCUT2D eigenvalue weighted by Gasteiger charge is -2.37. The second-order valence-corrected chi connectivity index (χ2v) is 8.89. The molecule has 0 fully saturated rings. The fourth-order valence-electron chi connectivity index (χ4n) is 3.95. The lowest BCUT2D eigenvalue weighted by Crippen LogP contribution is -2.44. The van der Waals surface area contributed by atoms with Gasteiger partial charge in [-0.1, -0.05) is 62.7 Å². The zero-order valence-electron chi connectivity index (χ0n) is 17.6. The van der Waals surface area contributed by atoms with E-state index in [0.29, 0.717) is 6.54 Å². The van der Waals surface area contributed by atoms with Crippen LogP contribution in [0.5, 0.6) is 0 Å². The van der Waals surface area contributed by atoms with Crippen LogP contribution in [-0.4, -0.2) is 22.0 Å². The number of carbonyl (C=O) groups is 1. The first kappa shape index (κ1) is 19.3. The van der Waals surface area contributed by atoms with Crippen molar-refractivity contribution in [3.05, 3.63) is 89.2 Å². The molecule has 0 spiro atoms. The standard InChI is InChI=1S/C25H29N3O/c1-18-7-13-21(14-8-18)26-24(29)28-17-16-27-15-5-6-22(27)23(28)19-9-11-20(12-10-19)25(2,3)4/h5-15,23H,16-17H2,1-4H3,(H,26,29)/t23-/m1/s1. The number of benzene rings is 2. The largest absolute Gasteiger partial charge is 0.348 e. The number of nitrogens with one attached hydrogen (secondary N) is 1. The minimum atomic E-state index is -0.0989. The van der Waals surface area contributed by atoms with Crippen molar-refractivity contribution >= 4 is 11.7 Å². The summed E-state index contributed by atoms with van der Waals surface area (Å²) in [7, 11) is 0. The van der Waals surface area contributed by atoms with Crippen LogP contribution < -0.4 is 5.32 Å². The van der Waals surface area contributed by atoms with Crippen LogP contribution in [0, 0.1) is 6.92 Å². The molecule has 0 bridgehead atoms. The Kier molecular flexibility index (Phi) is 4.95. The summed E-state index contributed by atoms with van der Waals surface area (Å²) in [5.74, 6) is 0. The Morgan fingerprint density at radius 2 is 1.66 bits per heavy atom. The molecule has 0 saturated heterocycles. The number of carbonyl (C=O) groups excluding carboxylic acids is 1. The van der Waals surface area contributed by atoms with E-state index in [1.165, 1.54) is 11.1 Å². The average molecular weight is 388 g/mol. The van der Waals surface area contributed by atoms with Gasteiger partial charge in [-0.25, -0.2) is 4.79 Å². The van der Waals surface area contributed by atoms with E-state index in [-0.39, 0.29) is 17.5 Å². The smallest absolute Gasteiger partial charge is 0.322 e. The molecule has 0 unspecified atom stereocenters. The Hall–Kier alpha value is -3.01. The number of aryl methyl sites for hydroxylation is 1. The van der Waals surface area contributed by atoms with Gasteiger partial charge >= 0.3 is 6.03 Å². The van der Waals surface area contributed by atoms with Crippen molar-refractivity contribution in [1.82, 2.24) is 9.47 Å². The molecular weight excluding hydrogens is 358 g/mol. The first-order chi connectivity index (χ1) is 13.8. The SMILES string of the molecule is Cc1ccc(NC(=O)N2CCn3cccc3[C@H]2c2ccc(C(C)(C)C)cc2)cc1. The molecule has 4 nitrogen and oxygen atoms in total. The molecule has 1 aliphatic heterocycles. The predicted molar refractivity (Wildman–Crippen MR) is 118 cm³/mol. The molecule has 2 heterocycles. The third kappa shape index (κ3) is 3.93. The number of fused-ring (bicyclic) bond motifs is 1. The number of urea groups is 1. The van der Waals surface area contributed by atoms with Gasteiger partial charge in [0, 0.05) is 30.7 Å². The van der Waals surface area contributed by atoms with Crippen LogP contribution in [0.3, 0.4) is 0 Å². The molecule has 1 N–H and O–H groups in total. The van der Waals surface area contributed by atoms with E-state index in [1.807, 2.05) is 36.1 Å². The molecular formula is C25H29N3O. The summed E-state index contributed by atoms with van der Waals surface area (Å²) in [6.45, 7) is 10.2. The zero-order chi connectivity index (χ0) is 20.6. The number of rotatable bonds is 2. The van der Waals surface area contributed by atoms with Gasteiger partial charge < -0.3 is 14.8 Å². The third-order valence-corrected chi connectivity index (χ3v) is 5.69. The Morgan fingerprint density at radius 3 is 2.31 bits per heavy atom. The number of anilines is 1. The number of hydrogen-bond acceptors (Lipinski definition) is 1. The number of nitrogens with zero attached hydrogens (tertiary/aromatic N) is 2. The highest BCUT2D eigenvalue weighted by molar-refractivity contribution is 5.90. The number of amides is 2. The van der Waals surface area contributed by atoms with Gasteiger partial charge in [-0.15, -0.1) is 0 Å². The van der Waals surface area contributed by atoms with Crippen molar-refractivity contribution in [3.63, 3.8) is 0 Å². The van der Waals surface area contributed by atoms with E-state index in [4.69, 9.17) is 0 Å². The summed E-state index contributed by atoms with van der Waals surface area (Å²) in [4.78, 5) is 15.1. The van der Waals surface area contributed by atoms with Gasteiger partial charge in [0.1, 0.15) is 0 Å². The van der Waals surface area contributed by atoms with Crippen LogP contribution in [0.2, 0.25) is 0 Å². The molecule has 3 aromatic rings. The molecule has 150 valence electrons. The first-order valence-corrected chi connectivity index (χ1v) is 10.2. The zero-order valence-corrected chi connectivity index (χ0v) is 17.6. The maximum absolute atomic E-state index is 13.2. The van der Waals surface area contributed by atoms with Crippen molar-refractivity contribution in [2.24, 2.45) is 0 Å². The quantitative estimate of drug-likeness (QED) is 0.599. The molecule has 0 radical (unpaired) electrons. The second kappa shape index (κ2) is 7.43. The molecule has 4 rings (SSSR count). The molecule has 1 atom stereocenters. The van der Waals surface area contributed by atoms with Crippen molar-refractivity contribution < 1.29 is 4.79 Å². The van der Waals surface area contributed by atoms with Crippen LogP contribution in [-0.2, 0) is 12.0 Å². The highest BCUT2D eigenvalue weighted by atomic mass is 16.2. The third-order valence-electron chi connectivity index (χ3n) is 5.69. The molecule has 0 saturated carbocycles. The molecule has 1 aromatic heterocycles. The van der Waals surface area contributed by atoms with Crippen molar-refractivity contribution in [2.45, 2.75) is 45.7 Å². The molecule has 0 aliphatic carbocycles. The van der Waals surface area contributed by atoms with Crippen LogP contribution in [0.25, 0.3) is 0 Å². The van der Waals surface area contributed by atoms with Crippen molar-refractivity contribution in [2.75, 3.05) is 11.9 Å². The topological polar surface area (TPSA) is 37.3 Å². The van der Waals surface area contributed by atoms with Gasteiger partial charge in [-0.2, -0.15) is 0 Å². The first-order valence-electron chi connectivity index (χ1n) is 10.2. The van der Waals surface area contributed by atoms with E-state index in [0.717, 1.165) is 23.5 Å². The Bertz CT molecular complexity index is 994. The molecule has 2 aromatic carbocycles. The minimum absolute atomic E-state index is 0.0637. The molecule has 29 heavy (non-hydrogen) atoms. The number of hydrogen-bond donors (Lipinski definition) is 1. The van der Waals surface area contributed by atoms with Crippen LogP contribution >= 0.6 is 0 Å². The van der Waals surface area contributed by atoms with E-state index >= 15 is 0 Å². The molecule has 1 aliphatic rings. The summed E-state index contributed by atoms with van der Waals surface area (Å²) in [5, 5.41) is 3.07. The summed E-state index contributed by atoms with van der Waals surface area (Å²) in [5.41, 5.74) is 5.69. The molecule has 4 heteroatoms. The van der Waals surface area contributed by atoms with E-state index < -0.39 is 0 Å². The van der Waals surface area contributed by atoms with Crippen LogP contribution in [0.1, 0.15) is 49.2 Å².